The smallest absolute Gasteiger partial charge is 0.221 e. The minimum Gasteiger partial charge on any atom is -0.378 e. The van der Waals surface area contributed by atoms with Gasteiger partial charge in [-0.2, -0.15) is 10.1 Å². The van der Waals surface area contributed by atoms with E-state index in [-0.39, 0.29) is 5.95 Å². The molecule has 0 aliphatic rings. The summed E-state index contributed by atoms with van der Waals surface area (Å²) >= 11 is 0. The van der Waals surface area contributed by atoms with E-state index in [0.717, 1.165) is 16.1 Å². The molecule has 3 N–H and O–H groups in total. The monoisotopic (exact) mass is 309 g/mol. The van der Waals surface area contributed by atoms with Gasteiger partial charge in [0.05, 0.1) is 11.5 Å². The van der Waals surface area contributed by atoms with E-state index in [1.807, 2.05) is 19.1 Å². The van der Waals surface area contributed by atoms with E-state index in [1.165, 1.54) is 0 Å². The van der Waals surface area contributed by atoms with E-state index in [2.05, 4.69) is 33.5 Å². The molecule has 0 fully saturated rings. The van der Waals surface area contributed by atoms with E-state index in [0.29, 0.717) is 5.82 Å². The third-order valence-corrected chi connectivity index (χ3v) is 2.88. The minimum absolute atomic E-state index is 0.169. The van der Waals surface area contributed by atoms with E-state index < -0.39 is 5.60 Å². The number of anilines is 1. The molecule has 0 aliphatic heterocycles. The molecule has 23 heavy (non-hydrogen) atoms. The molecule has 0 amide bonds. The quantitative estimate of drug-likeness (QED) is 0.771. The van der Waals surface area contributed by atoms with E-state index >= 15 is 0 Å². The Labute approximate surface area is 134 Å². The third kappa shape index (κ3) is 4.28. The van der Waals surface area contributed by atoms with Crippen molar-refractivity contribution in [2.75, 3.05) is 5.73 Å². The highest BCUT2D eigenvalue weighted by Crippen LogP contribution is 2.02. The molecule has 2 heterocycles. The van der Waals surface area contributed by atoms with Gasteiger partial charge in [0.25, 0.3) is 0 Å². The SMILES string of the molecule is C=c1cnn(-c2ccnc(N)n2)/c1=C/C(C#CC(C)(C)O)=C\C. The Bertz CT molecular complexity index is 907. The Balaban J connectivity index is 2.57. The molecule has 0 aromatic carbocycles. The van der Waals surface area contributed by atoms with Crippen LogP contribution in [0.4, 0.5) is 5.95 Å². The molecule has 0 bridgehead atoms. The van der Waals surface area contributed by atoms with Crippen molar-refractivity contribution in [1.29, 1.82) is 0 Å². The predicted molar refractivity (Wildman–Crippen MR) is 90.6 cm³/mol. The summed E-state index contributed by atoms with van der Waals surface area (Å²) in [5, 5.41) is 15.5. The molecule has 0 spiro atoms. The highest BCUT2D eigenvalue weighted by molar-refractivity contribution is 5.57. The van der Waals surface area contributed by atoms with Gasteiger partial charge >= 0.3 is 0 Å². The zero-order chi connectivity index (χ0) is 17.0. The Hall–Kier alpha value is -2.91. The van der Waals surface area contributed by atoms with Gasteiger partial charge in [0.2, 0.25) is 5.95 Å². The largest absolute Gasteiger partial charge is 0.378 e. The second-order valence-electron chi connectivity index (χ2n) is 5.44. The predicted octanol–water partition coefficient (Wildman–Crippen LogP) is 0.156. The molecular formula is C17H19N5O. The van der Waals surface area contributed by atoms with Crippen LogP contribution in [0, 0.1) is 11.8 Å². The number of nitrogen functional groups attached to an aromatic ring is 1. The number of rotatable bonds is 2. The van der Waals surface area contributed by atoms with Crippen LogP contribution < -0.4 is 16.3 Å². The average Bonchev–Trinajstić information content (AvgIpc) is 2.83. The van der Waals surface area contributed by atoms with Gasteiger partial charge in [0.1, 0.15) is 5.60 Å². The van der Waals surface area contributed by atoms with E-state index in [1.54, 1.807) is 37.0 Å². The Kier molecular flexibility index (Phi) is 4.63. The van der Waals surface area contributed by atoms with Crippen LogP contribution in [-0.2, 0) is 0 Å². The fourth-order valence-corrected chi connectivity index (χ4v) is 1.77. The maximum Gasteiger partial charge on any atom is 0.221 e. The van der Waals surface area contributed by atoms with Gasteiger partial charge in [-0.15, -0.1) is 0 Å². The standard InChI is InChI=1S/C17H19N5O/c1-5-13(6-8-17(3,4)23)10-14-12(2)11-20-22(14)15-7-9-19-16(18)21-15/h5,7,9-11,23H,2H2,1,3-4H3,(H2,18,19,21)/b13-5-,14-10+. The molecule has 0 radical (unpaired) electrons. The molecule has 6 heteroatoms. The lowest BCUT2D eigenvalue weighted by atomic mass is 10.1. The zero-order valence-corrected chi connectivity index (χ0v) is 13.4. The normalized spacial score (nSPS) is 12.9. The summed E-state index contributed by atoms with van der Waals surface area (Å²) < 4.78 is 1.62. The van der Waals surface area contributed by atoms with Crippen molar-refractivity contribution in [3.8, 4) is 17.7 Å². The minimum atomic E-state index is -1.06. The van der Waals surface area contributed by atoms with Gasteiger partial charge in [-0.05, 0) is 26.8 Å². The van der Waals surface area contributed by atoms with Crippen molar-refractivity contribution in [3.05, 3.63) is 40.7 Å². The number of aliphatic hydroxyl groups is 1. The second-order valence-corrected chi connectivity index (χ2v) is 5.44. The lowest BCUT2D eigenvalue weighted by Gasteiger charge is -2.06. The van der Waals surface area contributed by atoms with Crippen LogP contribution >= 0.6 is 0 Å². The molecule has 118 valence electrons. The average molecular weight is 309 g/mol. The molecule has 0 unspecified atom stereocenters. The van der Waals surface area contributed by atoms with Crippen molar-refractivity contribution >= 4 is 18.6 Å². The number of aromatic nitrogens is 4. The maximum absolute atomic E-state index is 9.73. The first-order valence-corrected chi connectivity index (χ1v) is 7.05. The summed E-state index contributed by atoms with van der Waals surface area (Å²) in [7, 11) is 0. The van der Waals surface area contributed by atoms with Crippen LogP contribution in [0.1, 0.15) is 20.8 Å². The highest BCUT2D eigenvalue weighted by Gasteiger charge is 2.06. The van der Waals surface area contributed by atoms with Crippen LogP contribution in [0.2, 0.25) is 0 Å². The summed E-state index contributed by atoms with van der Waals surface area (Å²) in [6.07, 6.45) is 6.90. The van der Waals surface area contributed by atoms with Crippen LogP contribution in [0.15, 0.2) is 30.1 Å². The van der Waals surface area contributed by atoms with Gasteiger partial charge in [0, 0.05) is 23.1 Å². The van der Waals surface area contributed by atoms with E-state index in [9.17, 15) is 5.11 Å². The molecule has 2 rings (SSSR count). The molecular weight excluding hydrogens is 290 g/mol. The van der Waals surface area contributed by atoms with Crippen LogP contribution in [-0.4, -0.2) is 30.5 Å². The molecule has 0 saturated carbocycles. The maximum atomic E-state index is 9.73. The van der Waals surface area contributed by atoms with Gasteiger partial charge in [-0.25, -0.2) is 9.67 Å². The molecule has 0 saturated heterocycles. The first-order chi connectivity index (χ1) is 10.8. The van der Waals surface area contributed by atoms with E-state index in [4.69, 9.17) is 5.73 Å². The Morgan fingerprint density at radius 1 is 1.48 bits per heavy atom. The summed E-state index contributed by atoms with van der Waals surface area (Å²) in [4.78, 5) is 8.03. The van der Waals surface area contributed by atoms with Gasteiger partial charge in [0.15, 0.2) is 5.82 Å². The summed E-state index contributed by atoms with van der Waals surface area (Å²) in [5.74, 6) is 6.44. The second kappa shape index (κ2) is 6.46. The lowest BCUT2D eigenvalue weighted by molar-refractivity contribution is 0.143. The first kappa shape index (κ1) is 16.5. The molecule has 2 aromatic heterocycles. The summed E-state index contributed by atoms with van der Waals surface area (Å²) in [5.41, 5.74) is 5.30. The fourth-order valence-electron chi connectivity index (χ4n) is 1.77. The van der Waals surface area contributed by atoms with Crippen LogP contribution in [0.3, 0.4) is 0 Å². The highest BCUT2D eigenvalue weighted by atomic mass is 16.3. The summed E-state index contributed by atoms with van der Waals surface area (Å²) in [6, 6.07) is 1.71. The number of hydrogen-bond donors (Lipinski definition) is 2. The zero-order valence-electron chi connectivity index (χ0n) is 13.4. The van der Waals surface area contributed by atoms with Crippen molar-refractivity contribution < 1.29 is 5.11 Å². The molecule has 0 atom stereocenters. The van der Waals surface area contributed by atoms with Crippen LogP contribution in [0.5, 0.6) is 0 Å². The third-order valence-electron chi connectivity index (χ3n) is 2.88. The number of nitrogens with two attached hydrogens (primary N) is 1. The molecule has 0 aliphatic carbocycles. The Morgan fingerprint density at radius 2 is 2.22 bits per heavy atom. The molecule has 2 aromatic rings. The summed E-state index contributed by atoms with van der Waals surface area (Å²) in [6.45, 7) is 9.11. The fraction of sp³-hybridized carbons (Fsp3) is 0.235. The first-order valence-electron chi connectivity index (χ1n) is 7.05. The molecule has 6 nitrogen and oxygen atoms in total. The van der Waals surface area contributed by atoms with Crippen LogP contribution in [0.25, 0.3) is 18.5 Å². The Morgan fingerprint density at radius 3 is 2.83 bits per heavy atom. The van der Waals surface area contributed by atoms with Crippen molar-refractivity contribution in [3.63, 3.8) is 0 Å². The van der Waals surface area contributed by atoms with Gasteiger partial charge in [-0.3, -0.25) is 0 Å². The van der Waals surface area contributed by atoms with Gasteiger partial charge in [-0.1, -0.05) is 24.5 Å². The number of hydrogen-bond acceptors (Lipinski definition) is 5. The van der Waals surface area contributed by atoms with Crippen molar-refractivity contribution in [2.24, 2.45) is 0 Å². The van der Waals surface area contributed by atoms with Crippen molar-refractivity contribution in [1.82, 2.24) is 19.7 Å². The number of allylic oxidation sites excluding steroid dienone is 2. The number of nitrogens with zero attached hydrogens (tertiary/aromatic N) is 4. The topological polar surface area (TPSA) is 89.9 Å². The van der Waals surface area contributed by atoms with Crippen molar-refractivity contribution in [2.45, 2.75) is 26.4 Å². The van der Waals surface area contributed by atoms with Gasteiger partial charge < -0.3 is 10.8 Å². The lowest BCUT2D eigenvalue weighted by Crippen LogP contribution is -2.28.